The summed E-state index contributed by atoms with van der Waals surface area (Å²) in [6.07, 6.45) is 0.413. The Kier molecular flexibility index (Phi) is 7.40. The molecule has 8 heteroatoms. The van der Waals surface area contributed by atoms with Crippen LogP contribution in [-0.4, -0.2) is 35.7 Å². The second kappa shape index (κ2) is 10.6. The standard InChI is InChI=1S/C33H35F2NO5/c1-17-9-10-21(24(34)14-17)31(37)36-12-11-22-26(36)15-18(2)27(30(32(38)39)41-33(4,5)6)28(22)23-16-25(35)29-20(19(23)3)8-7-13-40-29/h9-10,14-16,30H,7-8,11-13H2,1-6H3,(H,38,39). The quantitative estimate of drug-likeness (QED) is 0.361. The lowest BCUT2D eigenvalue weighted by Gasteiger charge is -2.30. The van der Waals surface area contributed by atoms with E-state index in [2.05, 4.69) is 0 Å². The van der Waals surface area contributed by atoms with E-state index in [4.69, 9.17) is 9.47 Å². The summed E-state index contributed by atoms with van der Waals surface area (Å²) in [5.74, 6) is -2.54. The zero-order valence-electron chi connectivity index (χ0n) is 24.3. The average molecular weight is 564 g/mol. The molecule has 5 rings (SSSR count). The third-order valence-corrected chi connectivity index (χ3v) is 7.80. The van der Waals surface area contributed by atoms with Gasteiger partial charge in [0.15, 0.2) is 17.7 Å². The van der Waals surface area contributed by atoms with Gasteiger partial charge < -0.3 is 19.5 Å². The van der Waals surface area contributed by atoms with E-state index in [0.717, 1.165) is 17.5 Å². The topological polar surface area (TPSA) is 76.1 Å². The van der Waals surface area contributed by atoms with Gasteiger partial charge in [0.2, 0.25) is 0 Å². The highest BCUT2D eigenvalue weighted by molar-refractivity contribution is 6.08. The Morgan fingerprint density at radius 3 is 2.41 bits per heavy atom. The number of carbonyl (C=O) groups is 2. The summed E-state index contributed by atoms with van der Waals surface area (Å²) in [6, 6.07) is 7.66. The Bertz CT molecular complexity index is 1570. The van der Waals surface area contributed by atoms with Gasteiger partial charge >= 0.3 is 5.97 Å². The molecule has 2 heterocycles. The van der Waals surface area contributed by atoms with Gasteiger partial charge in [-0.05, 0) is 118 Å². The summed E-state index contributed by atoms with van der Waals surface area (Å²) < 4.78 is 42.1. The maximum absolute atomic E-state index is 15.5. The Morgan fingerprint density at radius 1 is 1.02 bits per heavy atom. The van der Waals surface area contributed by atoms with Crippen molar-refractivity contribution in [1.29, 1.82) is 0 Å². The van der Waals surface area contributed by atoms with E-state index in [1.807, 2.05) is 6.92 Å². The number of ether oxygens (including phenoxy) is 2. The van der Waals surface area contributed by atoms with Crippen molar-refractivity contribution in [2.24, 2.45) is 0 Å². The van der Waals surface area contributed by atoms with E-state index < -0.39 is 35.2 Å². The molecule has 2 aliphatic heterocycles. The van der Waals surface area contributed by atoms with Crippen molar-refractivity contribution < 1.29 is 33.0 Å². The number of amides is 1. The first-order valence-corrected chi connectivity index (χ1v) is 13.9. The summed E-state index contributed by atoms with van der Waals surface area (Å²) in [6.45, 7) is 11.5. The predicted molar refractivity (Wildman–Crippen MR) is 153 cm³/mol. The molecule has 1 atom stereocenters. The second-order valence-electron chi connectivity index (χ2n) is 11.9. The first-order chi connectivity index (χ1) is 19.3. The fraction of sp³-hybridized carbons (Fsp3) is 0.394. The molecule has 0 aliphatic carbocycles. The molecule has 41 heavy (non-hydrogen) atoms. The Morgan fingerprint density at radius 2 is 1.76 bits per heavy atom. The molecule has 0 bridgehead atoms. The number of fused-ring (bicyclic) bond motifs is 2. The first kappa shape index (κ1) is 28.7. The summed E-state index contributed by atoms with van der Waals surface area (Å²) >= 11 is 0. The molecular weight excluding hydrogens is 528 g/mol. The lowest BCUT2D eigenvalue weighted by Crippen LogP contribution is -2.30. The highest BCUT2D eigenvalue weighted by Gasteiger charge is 2.37. The van der Waals surface area contributed by atoms with Gasteiger partial charge in [0, 0.05) is 23.4 Å². The van der Waals surface area contributed by atoms with Crippen molar-refractivity contribution in [3.05, 3.63) is 80.9 Å². The van der Waals surface area contributed by atoms with Gasteiger partial charge in [-0.15, -0.1) is 0 Å². The molecule has 216 valence electrons. The molecule has 1 unspecified atom stereocenters. The fourth-order valence-corrected chi connectivity index (χ4v) is 5.99. The molecule has 0 radical (unpaired) electrons. The summed E-state index contributed by atoms with van der Waals surface area (Å²) in [5.41, 5.74) is 4.76. The number of aryl methyl sites for hydroxylation is 2. The van der Waals surface area contributed by atoms with Crippen molar-refractivity contribution in [3.63, 3.8) is 0 Å². The first-order valence-electron chi connectivity index (χ1n) is 13.9. The number of carbonyl (C=O) groups excluding carboxylic acids is 1. The van der Waals surface area contributed by atoms with Crippen LogP contribution in [0.5, 0.6) is 5.75 Å². The van der Waals surface area contributed by atoms with Crippen LogP contribution in [0.2, 0.25) is 0 Å². The van der Waals surface area contributed by atoms with Gasteiger partial charge in [0.25, 0.3) is 5.91 Å². The number of halogens is 2. The van der Waals surface area contributed by atoms with Crippen LogP contribution in [0.4, 0.5) is 14.5 Å². The smallest absolute Gasteiger partial charge is 0.337 e. The molecule has 3 aromatic carbocycles. The highest BCUT2D eigenvalue weighted by Crippen LogP contribution is 2.48. The minimum absolute atomic E-state index is 0.0423. The second-order valence-corrected chi connectivity index (χ2v) is 11.9. The zero-order valence-corrected chi connectivity index (χ0v) is 24.3. The molecule has 0 fully saturated rings. The normalized spacial score (nSPS) is 15.3. The predicted octanol–water partition coefficient (Wildman–Crippen LogP) is 7.03. The average Bonchev–Trinajstić information content (AvgIpc) is 3.31. The summed E-state index contributed by atoms with van der Waals surface area (Å²) in [4.78, 5) is 27.8. The number of aliphatic carboxylic acids is 1. The van der Waals surface area contributed by atoms with Gasteiger partial charge in [0.05, 0.1) is 17.8 Å². The third-order valence-electron chi connectivity index (χ3n) is 7.80. The van der Waals surface area contributed by atoms with E-state index in [-0.39, 0.29) is 17.9 Å². The van der Waals surface area contributed by atoms with Crippen molar-refractivity contribution >= 4 is 17.6 Å². The lowest BCUT2D eigenvalue weighted by molar-refractivity contribution is -0.160. The minimum Gasteiger partial charge on any atom is -0.490 e. The van der Waals surface area contributed by atoms with Gasteiger partial charge in [-0.25, -0.2) is 13.6 Å². The highest BCUT2D eigenvalue weighted by atomic mass is 19.1. The molecule has 0 saturated carbocycles. The molecule has 0 spiro atoms. The number of carboxylic acid groups (broad SMARTS) is 1. The molecule has 1 amide bonds. The maximum Gasteiger partial charge on any atom is 0.337 e. The third kappa shape index (κ3) is 5.21. The number of benzene rings is 3. The van der Waals surface area contributed by atoms with Crippen LogP contribution in [0.25, 0.3) is 11.1 Å². The minimum atomic E-state index is -1.34. The van der Waals surface area contributed by atoms with E-state index in [0.29, 0.717) is 58.5 Å². The van der Waals surface area contributed by atoms with Crippen LogP contribution in [0.15, 0.2) is 30.3 Å². The van der Waals surface area contributed by atoms with Crippen molar-refractivity contribution in [3.8, 4) is 16.9 Å². The van der Waals surface area contributed by atoms with Gasteiger partial charge in [-0.2, -0.15) is 0 Å². The molecule has 2 aliphatic rings. The number of nitrogens with zero attached hydrogens (tertiary/aromatic N) is 1. The van der Waals surface area contributed by atoms with Gasteiger partial charge in [0.1, 0.15) is 5.82 Å². The molecule has 3 aromatic rings. The van der Waals surface area contributed by atoms with Gasteiger partial charge in [-0.1, -0.05) is 6.07 Å². The van der Waals surface area contributed by atoms with Crippen LogP contribution in [0.1, 0.15) is 77.0 Å². The zero-order chi connectivity index (χ0) is 29.8. The summed E-state index contributed by atoms with van der Waals surface area (Å²) in [7, 11) is 0. The number of hydrogen-bond acceptors (Lipinski definition) is 4. The van der Waals surface area contributed by atoms with Crippen molar-refractivity contribution in [2.45, 2.75) is 72.5 Å². The Labute approximate surface area is 238 Å². The van der Waals surface area contributed by atoms with Crippen LogP contribution in [0.3, 0.4) is 0 Å². The fourth-order valence-electron chi connectivity index (χ4n) is 5.99. The van der Waals surface area contributed by atoms with Crippen LogP contribution < -0.4 is 9.64 Å². The van der Waals surface area contributed by atoms with Crippen molar-refractivity contribution in [2.75, 3.05) is 18.1 Å². The molecule has 0 aromatic heterocycles. The molecule has 1 N–H and O–H groups in total. The number of hydrogen-bond donors (Lipinski definition) is 1. The van der Waals surface area contributed by atoms with Crippen molar-refractivity contribution in [1.82, 2.24) is 0 Å². The van der Waals surface area contributed by atoms with E-state index in [1.54, 1.807) is 46.8 Å². The number of rotatable bonds is 5. The van der Waals surface area contributed by atoms with E-state index >= 15 is 4.39 Å². The lowest BCUT2D eigenvalue weighted by atomic mass is 9.83. The van der Waals surface area contributed by atoms with Crippen LogP contribution in [0, 0.1) is 32.4 Å². The SMILES string of the molecule is Cc1ccc(C(=O)N2CCc3c2cc(C)c(C(OC(C)(C)C)C(=O)O)c3-c2cc(F)c3c(c2C)CCCO3)c(F)c1. The van der Waals surface area contributed by atoms with Gasteiger partial charge in [-0.3, -0.25) is 4.79 Å². The largest absolute Gasteiger partial charge is 0.490 e. The van der Waals surface area contributed by atoms with Crippen LogP contribution >= 0.6 is 0 Å². The monoisotopic (exact) mass is 563 g/mol. The van der Waals surface area contributed by atoms with E-state index in [9.17, 15) is 19.1 Å². The Balaban J connectivity index is 1.78. The van der Waals surface area contributed by atoms with E-state index in [1.165, 1.54) is 23.1 Å². The number of anilines is 1. The molecular formula is C33H35F2NO5. The molecule has 0 saturated heterocycles. The number of carboxylic acids is 1. The Hall–Kier alpha value is -3.78. The maximum atomic E-state index is 15.5. The van der Waals surface area contributed by atoms with Crippen LogP contribution in [-0.2, 0) is 22.4 Å². The molecule has 6 nitrogen and oxygen atoms in total. The summed E-state index contributed by atoms with van der Waals surface area (Å²) in [5, 5.41) is 10.4.